The zero-order valence-electron chi connectivity index (χ0n) is 11.3. The third kappa shape index (κ3) is 3.50. The average molecular weight is 387 g/mol. The predicted molar refractivity (Wildman–Crippen MR) is 85.5 cm³/mol. The summed E-state index contributed by atoms with van der Waals surface area (Å²) in [5, 5.41) is 3.52. The van der Waals surface area contributed by atoms with Crippen LogP contribution in [0.5, 0.6) is 0 Å². The highest BCUT2D eigenvalue weighted by molar-refractivity contribution is 9.11. The van der Waals surface area contributed by atoms with Gasteiger partial charge in [-0.3, -0.25) is 0 Å². The van der Waals surface area contributed by atoms with Crippen LogP contribution in [0.25, 0.3) is 0 Å². The number of furan rings is 1. The zero-order valence-corrected chi connectivity index (χ0v) is 14.4. The van der Waals surface area contributed by atoms with Crippen LogP contribution in [0, 0.1) is 13.8 Å². The molecule has 0 saturated carbocycles. The van der Waals surface area contributed by atoms with Crippen molar-refractivity contribution < 1.29 is 4.42 Å². The largest absolute Gasteiger partial charge is 0.466 e. The molecule has 0 aliphatic rings. The molecule has 19 heavy (non-hydrogen) atoms. The highest BCUT2D eigenvalue weighted by Crippen LogP contribution is 2.31. The Morgan fingerprint density at radius 3 is 2.21 bits per heavy atom. The van der Waals surface area contributed by atoms with Crippen LogP contribution in [0.1, 0.15) is 35.6 Å². The second-order valence-electron chi connectivity index (χ2n) is 4.56. The Labute approximate surface area is 130 Å². The highest BCUT2D eigenvalue weighted by Gasteiger charge is 2.19. The van der Waals surface area contributed by atoms with Gasteiger partial charge in [-0.1, -0.05) is 38.8 Å². The molecule has 0 aliphatic carbocycles. The van der Waals surface area contributed by atoms with E-state index in [2.05, 4.69) is 62.3 Å². The number of hydrogen-bond acceptors (Lipinski definition) is 2. The molecule has 1 unspecified atom stereocenters. The van der Waals surface area contributed by atoms with Crippen LogP contribution >= 0.6 is 31.9 Å². The Kier molecular flexibility index (Phi) is 4.87. The normalized spacial score (nSPS) is 12.7. The van der Waals surface area contributed by atoms with Gasteiger partial charge in [-0.15, -0.1) is 0 Å². The number of benzene rings is 1. The molecular weight excluding hydrogens is 370 g/mol. The molecule has 1 atom stereocenters. The molecule has 2 rings (SSSR count). The Balaban J connectivity index is 2.47. The van der Waals surface area contributed by atoms with Crippen LogP contribution in [0.15, 0.2) is 37.6 Å². The lowest BCUT2D eigenvalue weighted by atomic mass is 9.99. The summed E-state index contributed by atoms with van der Waals surface area (Å²) in [5.41, 5.74) is 2.41. The summed E-state index contributed by atoms with van der Waals surface area (Å²) in [6, 6.07) is 8.58. The van der Waals surface area contributed by atoms with E-state index in [-0.39, 0.29) is 6.04 Å². The maximum Gasteiger partial charge on any atom is 0.106 e. The molecule has 0 bridgehead atoms. The van der Waals surface area contributed by atoms with Crippen LogP contribution in [0.3, 0.4) is 0 Å². The number of nitrogens with one attached hydrogen (secondary N) is 1. The van der Waals surface area contributed by atoms with Crippen molar-refractivity contribution in [3.8, 4) is 0 Å². The van der Waals surface area contributed by atoms with Crippen molar-refractivity contribution in [1.29, 1.82) is 0 Å². The summed E-state index contributed by atoms with van der Waals surface area (Å²) in [4.78, 5) is 0. The molecule has 2 nitrogen and oxygen atoms in total. The van der Waals surface area contributed by atoms with Gasteiger partial charge in [0.2, 0.25) is 0 Å². The van der Waals surface area contributed by atoms with E-state index in [0.29, 0.717) is 0 Å². The van der Waals surface area contributed by atoms with E-state index in [9.17, 15) is 0 Å². The maximum absolute atomic E-state index is 5.66. The van der Waals surface area contributed by atoms with Crippen LogP contribution in [-0.4, -0.2) is 6.54 Å². The van der Waals surface area contributed by atoms with Crippen molar-refractivity contribution in [2.75, 3.05) is 6.54 Å². The zero-order chi connectivity index (χ0) is 14.0. The smallest absolute Gasteiger partial charge is 0.106 e. The first-order valence-electron chi connectivity index (χ1n) is 6.27. The lowest BCUT2D eigenvalue weighted by Gasteiger charge is -2.18. The fourth-order valence-electron chi connectivity index (χ4n) is 2.29. The van der Waals surface area contributed by atoms with E-state index in [1.54, 1.807) is 0 Å². The van der Waals surface area contributed by atoms with Gasteiger partial charge in [0.1, 0.15) is 11.5 Å². The standard InChI is InChI=1S/C15H17Br2NO/c1-4-18-15(14-5-9(2)19-10(14)3)11-6-12(16)8-13(17)7-11/h5-8,15,18H,4H2,1-3H3. The van der Waals surface area contributed by atoms with E-state index in [0.717, 1.165) is 27.0 Å². The molecule has 102 valence electrons. The monoisotopic (exact) mass is 385 g/mol. The molecule has 1 aromatic carbocycles. The Morgan fingerprint density at radius 2 is 1.74 bits per heavy atom. The quantitative estimate of drug-likeness (QED) is 0.788. The first-order valence-corrected chi connectivity index (χ1v) is 7.86. The summed E-state index contributed by atoms with van der Waals surface area (Å²) in [6.07, 6.45) is 0. The van der Waals surface area contributed by atoms with Gasteiger partial charge in [0.05, 0.1) is 6.04 Å². The lowest BCUT2D eigenvalue weighted by molar-refractivity contribution is 0.495. The Bertz CT molecular complexity index is 557. The Morgan fingerprint density at radius 1 is 1.11 bits per heavy atom. The molecule has 0 aliphatic heterocycles. The molecular formula is C15H17Br2NO. The van der Waals surface area contributed by atoms with E-state index in [4.69, 9.17) is 4.42 Å². The van der Waals surface area contributed by atoms with Crippen molar-refractivity contribution in [2.45, 2.75) is 26.8 Å². The van der Waals surface area contributed by atoms with Crippen molar-refractivity contribution in [2.24, 2.45) is 0 Å². The second-order valence-corrected chi connectivity index (χ2v) is 6.39. The maximum atomic E-state index is 5.66. The van der Waals surface area contributed by atoms with Crippen LogP contribution in [-0.2, 0) is 0 Å². The fraction of sp³-hybridized carbons (Fsp3) is 0.333. The van der Waals surface area contributed by atoms with E-state index in [1.165, 1.54) is 11.1 Å². The first kappa shape index (κ1) is 14.8. The van der Waals surface area contributed by atoms with Gasteiger partial charge in [-0.25, -0.2) is 0 Å². The minimum atomic E-state index is 0.149. The van der Waals surface area contributed by atoms with Crippen molar-refractivity contribution >= 4 is 31.9 Å². The van der Waals surface area contributed by atoms with Gasteiger partial charge in [-0.05, 0) is 50.2 Å². The molecule has 0 saturated heterocycles. The average Bonchev–Trinajstić information content (AvgIpc) is 2.64. The first-order chi connectivity index (χ1) is 9.01. The summed E-state index contributed by atoms with van der Waals surface area (Å²) < 4.78 is 7.79. The minimum Gasteiger partial charge on any atom is -0.466 e. The summed E-state index contributed by atoms with van der Waals surface area (Å²) >= 11 is 7.09. The SMILES string of the molecule is CCNC(c1cc(Br)cc(Br)c1)c1cc(C)oc1C. The number of aryl methyl sites for hydroxylation is 2. The van der Waals surface area contributed by atoms with Crippen LogP contribution < -0.4 is 5.32 Å². The summed E-state index contributed by atoms with van der Waals surface area (Å²) in [6.45, 7) is 7.01. The van der Waals surface area contributed by atoms with Crippen LogP contribution in [0.4, 0.5) is 0 Å². The summed E-state index contributed by atoms with van der Waals surface area (Å²) in [5.74, 6) is 1.92. The van der Waals surface area contributed by atoms with Gasteiger partial charge in [0.15, 0.2) is 0 Å². The second kappa shape index (κ2) is 6.25. The number of hydrogen-bond donors (Lipinski definition) is 1. The van der Waals surface area contributed by atoms with E-state index in [1.807, 2.05) is 19.9 Å². The molecule has 4 heteroatoms. The molecule has 1 N–H and O–H groups in total. The predicted octanol–water partition coefficient (Wildman–Crippen LogP) is 5.12. The van der Waals surface area contributed by atoms with E-state index < -0.39 is 0 Å². The molecule has 0 fully saturated rings. The Hall–Kier alpha value is -0.580. The third-order valence-corrected chi connectivity index (χ3v) is 3.93. The molecule has 0 spiro atoms. The molecule has 2 aromatic rings. The minimum absolute atomic E-state index is 0.149. The number of halogens is 2. The third-order valence-electron chi connectivity index (χ3n) is 3.02. The highest BCUT2D eigenvalue weighted by atomic mass is 79.9. The van der Waals surface area contributed by atoms with Crippen LogP contribution in [0.2, 0.25) is 0 Å². The van der Waals surface area contributed by atoms with Gasteiger partial charge >= 0.3 is 0 Å². The molecule has 1 heterocycles. The fourth-order valence-corrected chi connectivity index (χ4v) is 3.62. The van der Waals surface area contributed by atoms with Crippen molar-refractivity contribution in [1.82, 2.24) is 5.32 Å². The van der Waals surface area contributed by atoms with Crippen molar-refractivity contribution in [3.05, 3.63) is 55.9 Å². The van der Waals surface area contributed by atoms with Gasteiger partial charge in [0, 0.05) is 14.5 Å². The molecule has 0 radical (unpaired) electrons. The van der Waals surface area contributed by atoms with Gasteiger partial charge in [0.25, 0.3) is 0 Å². The lowest BCUT2D eigenvalue weighted by Crippen LogP contribution is -2.22. The van der Waals surface area contributed by atoms with Crippen molar-refractivity contribution in [3.63, 3.8) is 0 Å². The molecule has 1 aromatic heterocycles. The number of rotatable bonds is 4. The summed E-state index contributed by atoms with van der Waals surface area (Å²) in [7, 11) is 0. The van der Waals surface area contributed by atoms with Gasteiger partial charge in [-0.2, -0.15) is 0 Å². The van der Waals surface area contributed by atoms with Gasteiger partial charge < -0.3 is 9.73 Å². The van der Waals surface area contributed by atoms with E-state index >= 15 is 0 Å². The topological polar surface area (TPSA) is 25.2 Å². The molecule has 0 amide bonds.